The molecule has 0 amide bonds. The minimum absolute atomic E-state index is 0.123. The monoisotopic (exact) mass is 348 g/mol. The van der Waals surface area contributed by atoms with Gasteiger partial charge in [0.25, 0.3) is 6.43 Å². The van der Waals surface area contributed by atoms with Crippen molar-refractivity contribution in [1.29, 1.82) is 0 Å². The van der Waals surface area contributed by atoms with Crippen LogP contribution in [-0.2, 0) is 7.05 Å². The van der Waals surface area contributed by atoms with Crippen molar-refractivity contribution in [1.82, 2.24) is 9.78 Å². The maximum absolute atomic E-state index is 12.0. The van der Waals surface area contributed by atoms with E-state index >= 15 is 0 Å². The molecule has 1 heterocycles. The van der Waals surface area contributed by atoms with Crippen molar-refractivity contribution >= 4 is 0 Å². The van der Waals surface area contributed by atoms with Crippen molar-refractivity contribution in [2.75, 3.05) is 7.11 Å². The molecule has 3 nitrogen and oxygen atoms in total. The van der Waals surface area contributed by atoms with Gasteiger partial charge in [0, 0.05) is 18.8 Å². The highest BCUT2D eigenvalue weighted by Crippen LogP contribution is 2.65. The van der Waals surface area contributed by atoms with Gasteiger partial charge in [0.05, 0.1) is 7.11 Å². The van der Waals surface area contributed by atoms with E-state index in [2.05, 4.69) is 37.1 Å². The van der Waals surface area contributed by atoms with Gasteiger partial charge in [0.1, 0.15) is 11.4 Å². The summed E-state index contributed by atoms with van der Waals surface area (Å²) in [5, 5.41) is 3.58. The Morgan fingerprint density at radius 2 is 1.92 bits per heavy atom. The molecule has 25 heavy (non-hydrogen) atoms. The number of alkyl halides is 2. The van der Waals surface area contributed by atoms with E-state index in [1.165, 1.54) is 23.1 Å². The number of aromatic nitrogens is 2. The lowest BCUT2D eigenvalue weighted by molar-refractivity contribution is 0.144. The van der Waals surface area contributed by atoms with Gasteiger partial charge in [0.15, 0.2) is 0 Å². The first-order chi connectivity index (χ1) is 11.8. The number of benzene rings is 1. The Morgan fingerprint density at radius 1 is 1.24 bits per heavy atom. The Morgan fingerprint density at radius 3 is 2.44 bits per heavy atom. The molecule has 5 heteroatoms. The van der Waals surface area contributed by atoms with E-state index in [-0.39, 0.29) is 5.69 Å². The van der Waals surface area contributed by atoms with Gasteiger partial charge >= 0.3 is 0 Å². The zero-order valence-corrected chi connectivity index (χ0v) is 15.5. The van der Waals surface area contributed by atoms with Gasteiger partial charge in [-0.2, -0.15) is 5.10 Å². The summed E-state index contributed by atoms with van der Waals surface area (Å²) in [7, 11) is 3.41. The average Bonchev–Trinajstić information content (AvgIpc) is 3.13. The molecule has 4 rings (SSSR count). The minimum atomic E-state index is -2.46. The second-order valence-corrected chi connectivity index (χ2v) is 7.64. The number of aryl methyl sites for hydroxylation is 2. The van der Waals surface area contributed by atoms with Crippen molar-refractivity contribution in [2.24, 2.45) is 12.5 Å². The molecule has 2 atom stereocenters. The topological polar surface area (TPSA) is 27.1 Å². The second-order valence-electron chi connectivity index (χ2n) is 7.64. The summed E-state index contributed by atoms with van der Waals surface area (Å²) in [6.07, 6.45) is 1.81. The van der Waals surface area contributed by atoms with Crippen molar-refractivity contribution in [2.45, 2.75) is 51.9 Å². The van der Waals surface area contributed by atoms with Gasteiger partial charge in [-0.1, -0.05) is 26.0 Å². The maximum atomic E-state index is 12.0. The number of hydrogen-bond donors (Lipinski definition) is 0. The van der Waals surface area contributed by atoms with E-state index in [0.717, 1.165) is 11.7 Å². The molecule has 0 aliphatic heterocycles. The molecule has 2 aliphatic carbocycles. The van der Waals surface area contributed by atoms with Crippen LogP contribution in [0.5, 0.6) is 5.75 Å². The molecule has 0 N–H and O–H groups in total. The smallest absolute Gasteiger partial charge is 0.282 e. The highest BCUT2D eigenvalue weighted by molar-refractivity contribution is 5.52. The van der Waals surface area contributed by atoms with Crippen LogP contribution in [0.4, 0.5) is 8.78 Å². The fourth-order valence-corrected chi connectivity index (χ4v) is 4.65. The number of fused-ring (bicyclic) bond motifs is 5. The van der Waals surface area contributed by atoms with Gasteiger partial charge in [-0.3, -0.25) is 4.68 Å². The standard InChI is InChI=1S/C14H18O.C6H8F2N2/c1-14(2)10-7-8-11(14)13-9(10)5-4-6-12(13)15-3;1-4-3-10(2)9-5(4)6(7)8/h4-6,10-11H,7-8H2,1-3H3;3,6H,1-2H3. The van der Waals surface area contributed by atoms with Crippen LogP contribution in [0.2, 0.25) is 0 Å². The van der Waals surface area contributed by atoms with E-state index < -0.39 is 6.43 Å². The summed E-state index contributed by atoms with van der Waals surface area (Å²) >= 11 is 0. The van der Waals surface area contributed by atoms with Crippen LogP contribution >= 0.6 is 0 Å². The molecule has 136 valence electrons. The Bertz CT molecular complexity index is 767. The molecule has 2 bridgehead atoms. The predicted octanol–water partition coefficient (Wildman–Crippen LogP) is 5.36. The van der Waals surface area contributed by atoms with Crippen LogP contribution < -0.4 is 4.74 Å². The molecular weight excluding hydrogens is 322 g/mol. The summed E-state index contributed by atoms with van der Waals surface area (Å²) in [5.74, 6) is 2.58. The van der Waals surface area contributed by atoms with Crippen molar-refractivity contribution in [3.63, 3.8) is 0 Å². The molecule has 0 spiro atoms. The van der Waals surface area contributed by atoms with E-state index in [0.29, 0.717) is 16.9 Å². The summed E-state index contributed by atoms with van der Waals surface area (Å²) in [5.41, 5.74) is 3.91. The summed E-state index contributed by atoms with van der Waals surface area (Å²) in [6.45, 7) is 6.44. The van der Waals surface area contributed by atoms with Crippen LogP contribution in [0, 0.1) is 12.3 Å². The molecule has 0 saturated heterocycles. The molecular formula is C20H26F2N2O. The average molecular weight is 348 g/mol. The third-order valence-corrected chi connectivity index (χ3v) is 5.84. The number of rotatable bonds is 2. The third-order valence-electron chi connectivity index (χ3n) is 5.84. The third kappa shape index (κ3) is 2.94. The van der Waals surface area contributed by atoms with Crippen LogP contribution in [0.25, 0.3) is 0 Å². The summed E-state index contributed by atoms with van der Waals surface area (Å²) < 4.78 is 30.8. The zero-order chi connectivity index (χ0) is 18.4. The molecule has 2 aromatic rings. The lowest BCUT2D eigenvalue weighted by atomic mass is 9.80. The van der Waals surface area contributed by atoms with Gasteiger partial charge in [0.2, 0.25) is 0 Å². The quantitative estimate of drug-likeness (QED) is 0.730. The number of halogens is 2. The van der Waals surface area contributed by atoms with Gasteiger partial charge in [-0.25, -0.2) is 8.78 Å². The van der Waals surface area contributed by atoms with E-state index in [1.807, 2.05) is 0 Å². The molecule has 1 saturated carbocycles. The molecule has 2 unspecified atom stereocenters. The first-order valence-corrected chi connectivity index (χ1v) is 8.72. The van der Waals surface area contributed by atoms with E-state index in [4.69, 9.17) is 4.74 Å². The molecule has 1 aromatic heterocycles. The van der Waals surface area contributed by atoms with Crippen LogP contribution in [-0.4, -0.2) is 16.9 Å². The Hall–Kier alpha value is -1.91. The Kier molecular flexibility index (Phi) is 4.60. The minimum Gasteiger partial charge on any atom is -0.496 e. The molecule has 2 aliphatic rings. The Balaban J connectivity index is 0.000000160. The fourth-order valence-electron chi connectivity index (χ4n) is 4.65. The lowest BCUT2D eigenvalue weighted by Gasteiger charge is -2.24. The van der Waals surface area contributed by atoms with E-state index in [1.54, 1.807) is 32.8 Å². The normalized spacial score (nSPS) is 22.6. The largest absolute Gasteiger partial charge is 0.496 e. The number of ether oxygens (including phenoxy) is 1. The van der Waals surface area contributed by atoms with Crippen molar-refractivity contribution in [3.05, 3.63) is 46.8 Å². The van der Waals surface area contributed by atoms with Gasteiger partial charge < -0.3 is 4.74 Å². The first-order valence-electron chi connectivity index (χ1n) is 8.72. The van der Waals surface area contributed by atoms with Crippen molar-refractivity contribution in [3.8, 4) is 5.75 Å². The summed E-state index contributed by atoms with van der Waals surface area (Å²) in [6, 6.07) is 6.54. The molecule has 1 aromatic carbocycles. The van der Waals surface area contributed by atoms with Crippen LogP contribution in [0.3, 0.4) is 0 Å². The predicted molar refractivity (Wildman–Crippen MR) is 94.4 cm³/mol. The fraction of sp³-hybridized carbons (Fsp3) is 0.550. The first kappa shape index (κ1) is 17.9. The van der Waals surface area contributed by atoms with Crippen LogP contribution in [0.15, 0.2) is 24.4 Å². The molecule has 0 radical (unpaired) electrons. The maximum Gasteiger partial charge on any atom is 0.282 e. The number of methoxy groups -OCH3 is 1. The molecule has 1 fully saturated rings. The second kappa shape index (κ2) is 6.43. The van der Waals surface area contributed by atoms with Gasteiger partial charge in [-0.05, 0) is 54.2 Å². The highest BCUT2D eigenvalue weighted by Gasteiger charge is 2.52. The zero-order valence-electron chi connectivity index (χ0n) is 15.5. The highest BCUT2D eigenvalue weighted by atomic mass is 19.3. The van der Waals surface area contributed by atoms with Crippen LogP contribution in [0.1, 0.15) is 67.3 Å². The van der Waals surface area contributed by atoms with Gasteiger partial charge in [-0.15, -0.1) is 0 Å². The van der Waals surface area contributed by atoms with E-state index in [9.17, 15) is 8.78 Å². The van der Waals surface area contributed by atoms with Crippen molar-refractivity contribution < 1.29 is 13.5 Å². The lowest BCUT2D eigenvalue weighted by Crippen LogP contribution is -2.14. The Labute approximate surface area is 148 Å². The number of hydrogen-bond acceptors (Lipinski definition) is 2. The summed E-state index contributed by atoms with van der Waals surface area (Å²) in [4.78, 5) is 0. The number of nitrogens with zero attached hydrogens (tertiary/aromatic N) is 2. The SMILES string of the molecule is COc1cccc2c1C1CCC2C1(C)C.Cc1cn(C)nc1C(F)F.